The molecule has 0 aliphatic carbocycles. The van der Waals surface area contributed by atoms with Crippen LogP contribution >= 0.6 is 0 Å². The number of amides is 1. The van der Waals surface area contributed by atoms with Crippen molar-refractivity contribution in [3.05, 3.63) is 49.3 Å². The fraction of sp³-hybridized carbons (Fsp3) is 0.278. The lowest BCUT2D eigenvalue weighted by molar-refractivity contribution is -0.126. The maximum absolute atomic E-state index is 12.2. The third-order valence-corrected chi connectivity index (χ3v) is 4.08. The second-order valence-electron chi connectivity index (χ2n) is 5.65. The third kappa shape index (κ3) is 4.08. The number of nitrogens with one attached hydrogen (secondary N) is 1. The van der Waals surface area contributed by atoms with E-state index in [1.807, 2.05) is 0 Å². The maximum atomic E-state index is 12.2. The van der Waals surface area contributed by atoms with Gasteiger partial charge in [0.25, 0.3) is 0 Å². The summed E-state index contributed by atoms with van der Waals surface area (Å²) in [6, 6.07) is 6.92. The molecule has 7 nitrogen and oxygen atoms in total. The Morgan fingerprint density at radius 1 is 1.19 bits per heavy atom. The van der Waals surface area contributed by atoms with Gasteiger partial charge in [-0.25, -0.2) is 14.4 Å². The topological polar surface area (TPSA) is 70.6 Å². The summed E-state index contributed by atoms with van der Waals surface area (Å²) < 4.78 is 17.0. The van der Waals surface area contributed by atoms with Crippen LogP contribution < -0.4 is 15.0 Å². The van der Waals surface area contributed by atoms with Gasteiger partial charge in [-0.05, 0) is 30.3 Å². The van der Waals surface area contributed by atoms with Gasteiger partial charge in [0.2, 0.25) is 12.8 Å². The minimum Gasteiger partial charge on any atom is -0.463 e. The van der Waals surface area contributed by atoms with E-state index in [-0.39, 0.29) is 5.91 Å². The number of rotatable bonds is 6. The van der Waals surface area contributed by atoms with Crippen LogP contribution in [0.4, 0.5) is 21.7 Å². The van der Waals surface area contributed by atoms with Crippen LogP contribution in [0.2, 0.25) is 0 Å². The lowest BCUT2D eigenvalue weighted by Gasteiger charge is -2.35. The Balaban J connectivity index is 1.70. The molecular weight excluding hydrogens is 337 g/mol. The molecule has 8 heteroatoms. The minimum atomic E-state index is -0.860. The lowest BCUT2D eigenvalue weighted by atomic mass is 10.3. The molecule has 1 aliphatic heterocycles. The number of piperazine rings is 1. The zero-order valence-electron chi connectivity index (χ0n) is 14.3. The van der Waals surface area contributed by atoms with Crippen molar-refractivity contribution in [2.75, 3.05) is 43.3 Å². The van der Waals surface area contributed by atoms with E-state index in [0.717, 1.165) is 11.5 Å². The maximum Gasteiger partial charge on any atom is 0.246 e. The Morgan fingerprint density at radius 2 is 1.88 bits per heavy atom. The van der Waals surface area contributed by atoms with Crippen molar-refractivity contribution in [2.24, 2.45) is 0 Å². The summed E-state index contributed by atoms with van der Waals surface area (Å²) >= 11 is 0. The summed E-state index contributed by atoms with van der Waals surface area (Å²) in [4.78, 5) is 24.4. The second kappa shape index (κ2) is 8.28. The highest BCUT2D eigenvalue weighted by Crippen LogP contribution is 2.26. The van der Waals surface area contributed by atoms with Crippen LogP contribution in [0, 0.1) is 0 Å². The molecule has 1 N–H and O–H groups in total. The van der Waals surface area contributed by atoms with Gasteiger partial charge in [0.15, 0.2) is 11.6 Å². The Kier molecular flexibility index (Phi) is 5.62. The van der Waals surface area contributed by atoms with Crippen LogP contribution in [0.15, 0.2) is 49.3 Å². The molecule has 0 bridgehead atoms. The molecular formula is C18H20FN5O2. The van der Waals surface area contributed by atoms with E-state index in [0.29, 0.717) is 37.7 Å². The first-order chi connectivity index (χ1) is 12.7. The van der Waals surface area contributed by atoms with Crippen molar-refractivity contribution >= 4 is 23.2 Å². The van der Waals surface area contributed by atoms with Gasteiger partial charge in [0, 0.05) is 44.3 Å². The first kappa shape index (κ1) is 17.7. The predicted molar refractivity (Wildman–Crippen MR) is 97.3 cm³/mol. The fourth-order valence-corrected chi connectivity index (χ4v) is 2.75. The highest BCUT2D eigenvalue weighted by molar-refractivity contribution is 5.87. The standard InChI is InChI=1S/C18H20FN5O2/c1-2-16(25)23-9-11-24(12-10-23)18-17(20-7-8-21-18)22-14-3-5-15(6-4-14)26-13-19/h2-8H,1,9-13H2,(H,20,22). The van der Waals surface area contributed by atoms with E-state index in [2.05, 4.69) is 26.8 Å². The number of aromatic nitrogens is 2. The highest BCUT2D eigenvalue weighted by Gasteiger charge is 2.22. The summed E-state index contributed by atoms with van der Waals surface area (Å²) in [5, 5.41) is 3.22. The van der Waals surface area contributed by atoms with Gasteiger partial charge in [-0.1, -0.05) is 6.58 Å². The van der Waals surface area contributed by atoms with Gasteiger partial charge in [0.1, 0.15) is 5.75 Å². The Bertz CT molecular complexity index is 760. The number of carbonyl (C=O) groups excluding carboxylic acids is 1. The van der Waals surface area contributed by atoms with Gasteiger partial charge in [-0.2, -0.15) is 0 Å². The monoisotopic (exact) mass is 357 g/mol. The Morgan fingerprint density at radius 3 is 2.54 bits per heavy atom. The molecule has 1 amide bonds. The Labute approximate surface area is 151 Å². The molecule has 26 heavy (non-hydrogen) atoms. The zero-order chi connectivity index (χ0) is 18.4. The van der Waals surface area contributed by atoms with E-state index >= 15 is 0 Å². The van der Waals surface area contributed by atoms with Crippen molar-refractivity contribution in [3.63, 3.8) is 0 Å². The van der Waals surface area contributed by atoms with Crippen molar-refractivity contribution < 1.29 is 13.9 Å². The first-order valence-electron chi connectivity index (χ1n) is 8.24. The molecule has 1 aromatic carbocycles. The minimum absolute atomic E-state index is 0.0577. The van der Waals surface area contributed by atoms with Crippen molar-refractivity contribution in [3.8, 4) is 5.75 Å². The number of benzene rings is 1. The first-order valence-corrected chi connectivity index (χ1v) is 8.24. The molecule has 2 aromatic rings. The van der Waals surface area contributed by atoms with Crippen molar-refractivity contribution in [1.29, 1.82) is 0 Å². The van der Waals surface area contributed by atoms with Crippen molar-refractivity contribution in [2.45, 2.75) is 0 Å². The number of alkyl halides is 1. The van der Waals surface area contributed by atoms with E-state index in [1.165, 1.54) is 6.08 Å². The molecule has 1 fully saturated rings. The number of hydrogen-bond acceptors (Lipinski definition) is 6. The van der Waals surface area contributed by atoms with Gasteiger partial charge in [-0.3, -0.25) is 4.79 Å². The summed E-state index contributed by atoms with van der Waals surface area (Å²) in [6.45, 7) is 5.21. The van der Waals surface area contributed by atoms with Gasteiger partial charge in [-0.15, -0.1) is 0 Å². The third-order valence-electron chi connectivity index (χ3n) is 4.08. The van der Waals surface area contributed by atoms with E-state index < -0.39 is 6.86 Å². The molecule has 1 aliphatic rings. The molecule has 0 atom stereocenters. The number of anilines is 3. The van der Waals surface area contributed by atoms with E-state index in [4.69, 9.17) is 4.74 Å². The fourth-order valence-electron chi connectivity index (χ4n) is 2.75. The zero-order valence-corrected chi connectivity index (χ0v) is 14.3. The summed E-state index contributed by atoms with van der Waals surface area (Å²) in [7, 11) is 0. The number of nitrogens with zero attached hydrogens (tertiary/aromatic N) is 4. The van der Waals surface area contributed by atoms with Crippen LogP contribution in [-0.4, -0.2) is 53.8 Å². The average Bonchev–Trinajstić information content (AvgIpc) is 2.70. The average molecular weight is 357 g/mol. The van der Waals surface area contributed by atoms with E-state index in [1.54, 1.807) is 41.6 Å². The summed E-state index contributed by atoms with van der Waals surface area (Å²) in [5.74, 6) is 1.75. The molecule has 1 aromatic heterocycles. The van der Waals surface area contributed by atoms with Crippen molar-refractivity contribution in [1.82, 2.24) is 14.9 Å². The van der Waals surface area contributed by atoms with Crippen LogP contribution in [0.5, 0.6) is 5.75 Å². The quantitative estimate of drug-likeness (QED) is 0.801. The van der Waals surface area contributed by atoms with E-state index in [9.17, 15) is 9.18 Å². The second-order valence-corrected chi connectivity index (χ2v) is 5.65. The van der Waals surface area contributed by atoms with Crippen LogP contribution in [0.3, 0.4) is 0 Å². The molecule has 3 rings (SSSR count). The number of halogens is 1. The molecule has 0 saturated carbocycles. The molecule has 2 heterocycles. The number of ether oxygens (including phenoxy) is 1. The van der Waals surface area contributed by atoms with Gasteiger partial charge in [0.05, 0.1) is 0 Å². The molecule has 0 radical (unpaired) electrons. The molecule has 0 unspecified atom stereocenters. The highest BCUT2D eigenvalue weighted by atomic mass is 19.1. The molecule has 0 spiro atoms. The predicted octanol–water partition coefficient (Wildman–Crippen LogP) is 2.36. The van der Waals surface area contributed by atoms with Crippen LogP contribution in [0.1, 0.15) is 0 Å². The smallest absolute Gasteiger partial charge is 0.246 e. The Hall–Kier alpha value is -3.16. The lowest BCUT2D eigenvalue weighted by Crippen LogP contribution is -2.48. The largest absolute Gasteiger partial charge is 0.463 e. The van der Waals surface area contributed by atoms with Gasteiger partial charge >= 0.3 is 0 Å². The molecule has 1 saturated heterocycles. The molecule has 136 valence electrons. The summed E-state index contributed by atoms with van der Waals surface area (Å²) in [5.41, 5.74) is 0.790. The van der Waals surface area contributed by atoms with Gasteiger partial charge < -0.3 is 19.9 Å². The number of carbonyl (C=O) groups is 1. The van der Waals surface area contributed by atoms with Crippen LogP contribution in [0.25, 0.3) is 0 Å². The number of hydrogen-bond donors (Lipinski definition) is 1. The van der Waals surface area contributed by atoms with Crippen LogP contribution in [-0.2, 0) is 4.79 Å². The summed E-state index contributed by atoms with van der Waals surface area (Å²) in [6.07, 6.45) is 4.59. The normalized spacial score (nSPS) is 14.0. The SMILES string of the molecule is C=CC(=O)N1CCN(c2nccnc2Nc2ccc(OCF)cc2)CC1.